The molecular formula is C27H34O9. The van der Waals surface area contributed by atoms with E-state index in [4.69, 9.17) is 23.7 Å². The number of aliphatic hydroxyl groups excluding tert-OH is 1. The molecule has 9 nitrogen and oxygen atoms in total. The molecule has 0 bridgehead atoms. The minimum absolute atomic E-state index is 0.0257. The van der Waals surface area contributed by atoms with Crippen LogP contribution in [0.25, 0.3) is 0 Å². The quantitative estimate of drug-likeness (QED) is 0.419. The normalized spacial score (nSPS) is 17.4. The number of esters is 2. The molecule has 2 N–H and O–H groups in total. The van der Waals surface area contributed by atoms with E-state index in [1.807, 2.05) is 26.0 Å². The Labute approximate surface area is 210 Å². The smallest absolute Gasteiger partial charge is 0.306 e. The topological polar surface area (TPSA) is 121 Å². The Morgan fingerprint density at radius 1 is 1.03 bits per heavy atom. The van der Waals surface area contributed by atoms with Crippen LogP contribution in [0.15, 0.2) is 42.5 Å². The first-order chi connectivity index (χ1) is 17.1. The maximum Gasteiger partial charge on any atom is 0.306 e. The minimum Gasteiger partial charge on any atom is -0.504 e. The van der Waals surface area contributed by atoms with E-state index in [1.54, 1.807) is 31.2 Å². The Morgan fingerprint density at radius 3 is 2.31 bits per heavy atom. The Balaban J connectivity index is 1.44. The number of aromatic hydroxyl groups is 1. The average Bonchev–Trinajstić information content (AvgIpc) is 3.19. The van der Waals surface area contributed by atoms with Crippen LogP contribution in [0.5, 0.6) is 17.2 Å². The predicted octanol–water partition coefficient (Wildman–Crippen LogP) is 3.67. The van der Waals surface area contributed by atoms with Crippen molar-refractivity contribution in [3.63, 3.8) is 0 Å². The molecule has 0 radical (unpaired) electrons. The first kappa shape index (κ1) is 27.4. The number of rotatable bonds is 12. The zero-order valence-electron chi connectivity index (χ0n) is 20.9. The van der Waals surface area contributed by atoms with Crippen molar-refractivity contribution in [3.05, 3.63) is 53.6 Å². The molecule has 0 unspecified atom stereocenters. The molecule has 1 fully saturated rings. The van der Waals surface area contributed by atoms with Crippen LogP contribution in [-0.2, 0) is 41.4 Å². The van der Waals surface area contributed by atoms with Gasteiger partial charge in [0.15, 0.2) is 17.3 Å². The number of ether oxygens (including phenoxy) is 5. The third-order valence-electron chi connectivity index (χ3n) is 5.39. The predicted molar refractivity (Wildman–Crippen MR) is 130 cm³/mol. The molecule has 9 heteroatoms. The highest BCUT2D eigenvalue weighted by Gasteiger charge is 2.33. The molecule has 0 saturated carbocycles. The number of carbonyl (C=O) groups is 2. The maximum atomic E-state index is 12.1. The van der Waals surface area contributed by atoms with E-state index >= 15 is 0 Å². The lowest BCUT2D eigenvalue weighted by Gasteiger charge is -2.17. The van der Waals surface area contributed by atoms with E-state index in [-0.39, 0.29) is 49.6 Å². The number of aliphatic hydroxyl groups is 1. The fourth-order valence-corrected chi connectivity index (χ4v) is 3.53. The first-order valence-corrected chi connectivity index (χ1v) is 12.0. The molecule has 0 aromatic heterocycles. The molecule has 0 aliphatic carbocycles. The van der Waals surface area contributed by atoms with Crippen LogP contribution < -0.4 is 4.74 Å². The SMILES string of the molecule is C[C@H](O)COC(=O)CCc1ccc(O)c(Oc2ccc(CCC(=O)OC[C@@H]3COC(C)(C)O3)cc2)c1. The van der Waals surface area contributed by atoms with Crippen molar-refractivity contribution in [3.8, 4) is 17.2 Å². The molecule has 36 heavy (non-hydrogen) atoms. The second kappa shape index (κ2) is 12.7. The van der Waals surface area contributed by atoms with Crippen molar-refractivity contribution in [2.24, 2.45) is 0 Å². The van der Waals surface area contributed by atoms with Gasteiger partial charge in [0, 0.05) is 12.8 Å². The maximum absolute atomic E-state index is 12.1. The van der Waals surface area contributed by atoms with E-state index in [2.05, 4.69) is 0 Å². The van der Waals surface area contributed by atoms with E-state index in [0.717, 1.165) is 11.1 Å². The second-order valence-electron chi connectivity index (χ2n) is 9.21. The fraction of sp³-hybridized carbons (Fsp3) is 0.481. The third kappa shape index (κ3) is 9.14. The summed E-state index contributed by atoms with van der Waals surface area (Å²) in [7, 11) is 0. The molecule has 1 heterocycles. The highest BCUT2D eigenvalue weighted by Crippen LogP contribution is 2.32. The summed E-state index contributed by atoms with van der Waals surface area (Å²) in [6.07, 6.45) is 0.343. The van der Waals surface area contributed by atoms with Crippen LogP contribution in [-0.4, -0.2) is 60.0 Å². The zero-order chi connectivity index (χ0) is 26.1. The number of carbonyl (C=O) groups excluding carboxylic acids is 2. The lowest BCUT2D eigenvalue weighted by atomic mass is 10.1. The number of benzene rings is 2. The summed E-state index contributed by atoms with van der Waals surface area (Å²) in [5.41, 5.74) is 1.74. The Morgan fingerprint density at radius 2 is 1.67 bits per heavy atom. The largest absolute Gasteiger partial charge is 0.504 e. The standard InChI is InChI=1S/C27H34O9/c1-18(28)15-32-25(30)13-8-20-6-11-23(29)24(14-20)35-21-9-4-19(5-10-21)7-12-26(31)33-16-22-17-34-27(2,3)36-22/h4-6,9-11,14,18,22,28-29H,7-8,12-13,15-17H2,1-3H3/t18-,22+/m0/s1. The summed E-state index contributed by atoms with van der Waals surface area (Å²) in [5, 5.41) is 19.4. The Hall–Kier alpha value is -3.14. The van der Waals surface area contributed by atoms with Gasteiger partial charge in [0.1, 0.15) is 25.1 Å². The lowest BCUT2D eigenvalue weighted by Crippen LogP contribution is -2.25. The molecule has 2 aromatic carbocycles. The van der Waals surface area contributed by atoms with E-state index in [9.17, 15) is 19.8 Å². The average molecular weight is 503 g/mol. The van der Waals surface area contributed by atoms with Gasteiger partial charge in [-0.2, -0.15) is 0 Å². The monoisotopic (exact) mass is 502 g/mol. The van der Waals surface area contributed by atoms with Crippen LogP contribution in [0.4, 0.5) is 0 Å². The van der Waals surface area contributed by atoms with Crippen molar-refractivity contribution < 1.29 is 43.5 Å². The number of hydrogen-bond donors (Lipinski definition) is 2. The molecule has 2 atom stereocenters. The van der Waals surface area contributed by atoms with Gasteiger partial charge in [-0.15, -0.1) is 0 Å². The second-order valence-corrected chi connectivity index (χ2v) is 9.21. The van der Waals surface area contributed by atoms with Gasteiger partial charge in [0.25, 0.3) is 0 Å². The molecule has 0 spiro atoms. The van der Waals surface area contributed by atoms with Gasteiger partial charge in [-0.25, -0.2) is 0 Å². The number of phenols is 1. The summed E-state index contributed by atoms with van der Waals surface area (Å²) in [5.74, 6) is -0.598. The Kier molecular flexibility index (Phi) is 9.69. The van der Waals surface area contributed by atoms with Gasteiger partial charge < -0.3 is 33.9 Å². The van der Waals surface area contributed by atoms with Crippen LogP contribution in [0, 0.1) is 0 Å². The van der Waals surface area contributed by atoms with Gasteiger partial charge in [-0.1, -0.05) is 18.2 Å². The van der Waals surface area contributed by atoms with Gasteiger partial charge in [-0.3, -0.25) is 9.59 Å². The third-order valence-corrected chi connectivity index (χ3v) is 5.39. The molecular weight excluding hydrogens is 468 g/mol. The van der Waals surface area contributed by atoms with Crippen LogP contribution in [0.1, 0.15) is 44.7 Å². The molecule has 0 amide bonds. The number of hydrogen-bond acceptors (Lipinski definition) is 9. The summed E-state index contributed by atoms with van der Waals surface area (Å²) < 4.78 is 27.1. The van der Waals surface area contributed by atoms with E-state index < -0.39 is 17.9 Å². The molecule has 1 aliphatic heterocycles. The van der Waals surface area contributed by atoms with Crippen LogP contribution in [0.2, 0.25) is 0 Å². The molecule has 3 rings (SSSR count). The first-order valence-electron chi connectivity index (χ1n) is 12.0. The summed E-state index contributed by atoms with van der Waals surface area (Å²) >= 11 is 0. The zero-order valence-corrected chi connectivity index (χ0v) is 20.9. The van der Waals surface area contributed by atoms with Gasteiger partial charge in [0.2, 0.25) is 0 Å². The molecule has 196 valence electrons. The van der Waals surface area contributed by atoms with Gasteiger partial charge in [0.05, 0.1) is 12.7 Å². The molecule has 1 saturated heterocycles. The molecule has 2 aromatic rings. The molecule has 1 aliphatic rings. The fourth-order valence-electron chi connectivity index (χ4n) is 3.53. The van der Waals surface area contributed by atoms with Crippen LogP contribution >= 0.6 is 0 Å². The van der Waals surface area contributed by atoms with E-state index in [1.165, 1.54) is 6.07 Å². The van der Waals surface area contributed by atoms with Gasteiger partial charge >= 0.3 is 11.9 Å². The number of phenolic OH excluding ortho intramolecular Hbond substituents is 1. The number of aryl methyl sites for hydroxylation is 2. The van der Waals surface area contributed by atoms with E-state index in [0.29, 0.717) is 25.2 Å². The van der Waals surface area contributed by atoms with Gasteiger partial charge in [-0.05, 0) is 69.0 Å². The van der Waals surface area contributed by atoms with Crippen molar-refractivity contribution in [1.29, 1.82) is 0 Å². The van der Waals surface area contributed by atoms with Crippen LogP contribution in [0.3, 0.4) is 0 Å². The van der Waals surface area contributed by atoms with Crippen molar-refractivity contribution in [2.75, 3.05) is 19.8 Å². The van der Waals surface area contributed by atoms with Crippen molar-refractivity contribution in [1.82, 2.24) is 0 Å². The Bertz CT molecular complexity index is 1010. The van der Waals surface area contributed by atoms with Crippen molar-refractivity contribution >= 4 is 11.9 Å². The summed E-state index contributed by atoms with van der Waals surface area (Å²) in [6, 6.07) is 12.1. The lowest BCUT2D eigenvalue weighted by molar-refractivity contribution is -0.158. The van der Waals surface area contributed by atoms with Crippen molar-refractivity contribution in [2.45, 2.75) is 64.4 Å². The highest BCUT2D eigenvalue weighted by molar-refractivity contribution is 5.70. The minimum atomic E-state index is -0.706. The summed E-state index contributed by atoms with van der Waals surface area (Å²) in [6.45, 7) is 5.71. The highest BCUT2D eigenvalue weighted by atomic mass is 16.7. The summed E-state index contributed by atoms with van der Waals surface area (Å²) in [4.78, 5) is 23.8.